The van der Waals surface area contributed by atoms with E-state index in [9.17, 15) is 4.39 Å². The van der Waals surface area contributed by atoms with Gasteiger partial charge in [-0.25, -0.2) is 4.39 Å². The summed E-state index contributed by atoms with van der Waals surface area (Å²) < 4.78 is 13.9. The Bertz CT molecular complexity index is 379. The Balaban J connectivity index is 2.64. The summed E-state index contributed by atoms with van der Waals surface area (Å²) in [5, 5.41) is 0. The van der Waals surface area contributed by atoms with E-state index in [0.717, 1.165) is 30.4 Å². The second-order valence-electron chi connectivity index (χ2n) is 3.66. The minimum Gasteiger partial charge on any atom is -0.395 e. The van der Waals surface area contributed by atoms with Crippen molar-refractivity contribution < 1.29 is 4.39 Å². The fourth-order valence-corrected chi connectivity index (χ4v) is 2.70. The molecule has 0 aliphatic heterocycles. The Kier molecular flexibility index (Phi) is 2.49. The molecule has 2 nitrogen and oxygen atoms in total. The van der Waals surface area contributed by atoms with E-state index < -0.39 is 0 Å². The number of benzene rings is 1. The first-order valence-corrected chi connectivity index (χ1v) is 5.42. The first-order chi connectivity index (χ1) is 6.61. The summed E-state index contributed by atoms with van der Waals surface area (Å²) in [4.78, 5) is 0. The molecule has 0 fully saturated rings. The number of rotatable bonds is 0. The minimum absolute atomic E-state index is 0.0176. The van der Waals surface area contributed by atoms with Gasteiger partial charge in [-0.05, 0) is 52.4 Å². The zero-order chi connectivity index (χ0) is 10.3. The number of halogens is 2. The van der Waals surface area contributed by atoms with Gasteiger partial charge in [0, 0.05) is 10.5 Å². The Morgan fingerprint density at radius 3 is 2.93 bits per heavy atom. The van der Waals surface area contributed by atoms with Gasteiger partial charge in [-0.1, -0.05) is 0 Å². The molecule has 4 heteroatoms. The molecule has 2 rings (SSSR count). The highest BCUT2D eigenvalue weighted by molar-refractivity contribution is 9.10. The average Bonchev–Trinajstić information content (AvgIpc) is 2.14. The van der Waals surface area contributed by atoms with Gasteiger partial charge in [0.1, 0.15) is 5.82 Å². The van der Waals surface area contributed by atoms with Crippen molar-refractivity contribution in [3.63, 3.8) is 0 Å². The van der Waals surface area contributed by atoms with Crippen LogP contribution in [0.2, 0.25) is 0 Å². The molecule has 0 aromatic heterocycles. The van der Waals surface area contributed by atoms with E-state index in [2.05, 4.69) is 15.9 Å². The van der Waals surface area contributed by atoms with Gasteiger partial charge < -0.3 is 11.5 Å². The van der Waals surface area contributed by atoms with E-state index in [0.29, 0.717) is 4.47 Å². The van der Waals surface area contributed by atoms with Crippen molar-refractivity contribution in [3.05, 3.63) is 27.5 Å². The Morgan fingerprint density at radius 2 is 2.21 bits per heavy atom. The molecule has 4 N–H and O–H groups in total. The normalized spacial score (nSPS) is 20.6. The van der Waals surface area contributed by atoms with Crippen molar-refractivity contribution in [3.8, 4) is 0 Å². The number of nitrogen functional groups attached to an aromatic ring is 1. The molecule has 1 unspecified atom stereocenters. The maximum absolute atomic E-state index is 13.3. The van der Waals surface area contributed by atoms with Crippen molar-refractivity contribution >= 4 is 21.6 Å². The molecule has 0 saturated carbocycles. The van der Waals surface area contributed by atoms with Crippen molar-refractivity contribution in [1.29, 1.82) is 0 Å². The van der Waals surface area contributed by atoms with E-state index in [1.165, 1.54) is 6.07 Å². The summed E-state index contributed by atoms with van der Waals surface area (Å²) >= 11 is 3.31. The molecule has 0 spiro atoms. The fourth-order valence-electron chi connectivity index (χ4n) is 1.96. The van der Waals surface area contributed by atoms with Gasteiger partial charge in [-0.2, -0.15) is 0 Å². The van der Waals surface area contributed by atoms with Gasteiger partial charge in [0.15, 0.2) is 0 Å². The third kappa shape index (κ3) is 1.42. The number of fused-ring (bicyclic) bond motifs is 1. The number of anilines is 1. The first kappa shape index (κ1) is 9.93. The van der Waals surface area contributed by atoms with Crippen LogP contribution in [0.3, 0.4) is 0 Å². The summed E-state index contributed by atoms with van der Waals surface area (Å²) in [6.07, 6.45) is 2.85. The number of nitrogens with two attached hydrogens (primary N) is 2. The van der Waals surface area contributed by atoms with Crippen molar-refractivity contribution in [2.24, 2.45) is 5.73 Å². The SMILES string of the molecule is Nc1c(F)cc2c(c1Br)C(N)CCC2. The number of hydrogen-bond donors (Lipinski definition) is 2. The van der Waals surface area contributed by atoms with Crippen LogP contribution in [0.25, 0.3) is 0 Å². The lowest BCUT2D eigenvalue weighted by atomic mass is 9.88. The molecule has 1 aliphatic rings. The third-order valence-corrected chi connectivity index (χ3v) is 3.56. The lowest BCUT2D eigenvalue weighted by Gasteiger charge is -2.24. The van der Waals surface area contributed by atoms with Crippen molar-refractivity contribution in [2.45, 2.75) is 25.3 Å². The molecule has 76 valence electrons. The average molecular weight is 259 g/mol. The van der Waals surface area contributed by atoms with Crippen LogP contribution in [0.5, 0.6) is 0 Å². The number of aryl methyl sites for hydroxylation is 1. The predicted molar refractivity (Wildman–Crippen MR) is 58.4 cm³/mol. The van der Waals surface area contributed by atoms with Gasteiger partial charge in [-0.3, -0.25) is 0 Å². The Morgan fingerprint density at radius 1 is 1.50 bits per heavy atom. The smallest absolute Gasteiger partial charge is 0.147 e. The summed E-state index contributed by atoms with van der Waals surface area (Å²) in [7, 11) is 0. The van der Waals surface area contributed by atoms with Crippen molar-refractivity contribution in [2.75, 3.05) is 5.73 Å². The van der Waals surface area contributed by atoms with Crippen LogP contribution in [0.15, 0.2) is 10.5 Å². The molecule has 14 heavy (non-hydrogen) atoms. The molecular weight excluding hydrogens is 247 g/mol. The van der Waals surface area contributed by atoms with Crippen molar-refractivity contribution in [1.82, 2.24) is 0 Å². The highest BCUT2D eigenvalue weighted by Gasteiger charge is 2.22. The second-order valence-corrected chi connectivity index (χ2v) is 4.45. The Labute approximate surface area is 90.6 Å². The van der Waals surface area contributed by atoms with Gasteiger partial charge in [-0.15, -0.1) is 0 Å². The summed E-state index contributed by atoms with van der Waals surface area (Å²) in [6.45, 7) is 0. The third-order valence-electron chi connectivity index (χ3n) is 2.71. The van der Waals surface area contributed by atoms with E-state index in [1.54, 1.807) is 0 Å². The zero-order valence-electron chi connectivity index (χ0n) is 7.69. The summed E-state index contributed by atoms with van der Waals surface area (Å²) in [5.41, 5.74) is 13.7. The van der Waals surface area contributed by atoms with Crippen LogP contribution in [-0.2, 0) is 6.42 Å². The predicted octanol–water partition coefficient (Wildman–Crippen LogP) is 2.51. The standard InChI is InChI=1S/C10H12BrFN2/c11-9-8-5(2-1-3-7(8)13)4-6(12)10(9)14/h4,7H,1-3,13-14H2. The van der Waals surface area contributed by atoms with Crippen LogP contribution >= 0.6 is 15.9 Å². The molecule has 0 bridgehead atoms. The van der Waals surface area contributed by atoms with Crippen LogP contribution in [0, 0.1) is 5.82 Å². The van der Waals surface area contributed by atoms with Gasteiger partial charge >= 0.3 is 0 Å². The quantitative estimate of drug-likeness (QED) is 0.703. The van der Waals surface area contributed by atoms with E-state index in [4.69, 9.17) is 11.5 Å². The van der Waals surface area contributed by atoms with E-state index >= 15 is 0 Å². The maximum Gasteiger partial charge on any atom is 0.147 e. The Hall–Kier alpha value is -0.610. The largest absolute Gasteiger partial charge is 0.395 e. The monoisotopic (exact) mass is 258 g/mol. The summed E-state index contributed by atoms with van der Waals surface area (Å²) in [6, 6.07) is 1.49. The molecule has 1 aliphatic carbocycles. The fraction of sp³-hybridized carbons (Fsp3) is 0.400. The molecule has 1 aromatic carbocycles. The zero-order valence-corrected chi connectivity index (χ0v) is 9.27. The van der Waals surface area contributed by atoms with E-state index in [1.807, 2.05) is 0 Å². The molecule has 0 heterocycles. The van der Waals surface area contributed by atoms with Gasteiger partial charge in [0.2, 0.25) is 0 Å². The minimum atomic E-state index is -0.357. The van der Waals surface area contributed by atoms with Crippen LogP contribution in [0.4, 0.5) is 10.1 Å². The number of hydrogen-bond acceptors (Lipinski definition) is 2. The van der Waals surface area contributed by atoms with Crippen LogP contribution in [-0.4, -0.2) is 0 Å². The molecule has 1 aromatic rings. The first-order valence-electron chi connectivity index (χ1n) is 4.63. The highest BCUT2D eigenvalue weighted by atomic mass is 79.9. The van der Waals surface area contributed by atoms with Gasteiger partial charge in [0.25, 0.3) is 0 Å². The topological polar surface area (TPSA) is 52.0 Å². The second kappa shape index (κ2) is 3.51. The van der Waals surface area contributed by atoms with Gasteiger partial charge in [0.05, 0.1) is 5.69 Å². The molecule has 0 amide bonds. The van der Waals surface area contributed by atoms with Crippen LogP contribution in [0.1, 0.15) is 30.0 Å². The summed E-state index contributed by atoms with van der Waals surface area (Å²) in [5.74, 6) is -0.357. The molecule has 1 atom stereocenters. The molecule has 0 radical (unpaired) electrons. The molecule has 0 saturated heterocycles. The molecular formula is C10H12BrFN2. The van der Waals surface area contributed by atoms with E-state index in [-0.39, 0.29) is 17.5 Å². The maximum atomic E-state index is 13.3. The lowest BCUT2D eigenvalue weighted by molar-refractivity contribution is 0.558. The lowest BCUT2D eigenvalue weighted by Crippen LogP contribution is -2.19. The van der Waals surface area contributed by atoms with Crippen LogP contribution < -0.4 is 11.5 Å². The highest BCUT2D eigenvalue weighted by Crippen LogP contribution is 2.38.